The molecule has 0 bridgehead atoms. The van der Waals surface area contributed by atoms with Crippen LogP contribution in [0.5, 0.6) is 5.75 Å². The monoisotopic (exact) mass is 343 g/mol. The maximum Gasteiger partial charge on any atom is 0.136 e. The lowest BCUT2D eigenvalue weighted by atomic mass is 10.1. The molecule has 0 fully saturated rings. The van der Waals surface area contributed by atoms with E-state index in [1.165, 1.54) is 0 Å². The number of halogens is 1. The predicted molar refractivity (Wildman–Crippen MR) is 95.5 cm³/mol. The number of rotatable bonds is 5. The number of hydrogen-bond acceptors (Lipinski definition) is 4. The quantitative estimate of drug-likeness (QED) is 0.648. The van der Waals surface area contributed by atoms with Crippen molar-refractivity contribution in [1.82, 2.24) is 0 Å². The van der Waals surface area contributed by atoms with E-state index in [1.54, 1.807) is 14.2 Å². The summed E-state index contributed by atoms with van der Waals surface area (Å²) < 4.78 is 16.3. The molecule has 1 heterocycles. The van der Waals surface area contributed by atoms with Gasteiger partial charge in [0.05, 0.1) is 25.6 Å². The highest BCUT2D eigenvalue weighted by Gasteiger charge is 2.07. The van der Waals surface area contributed by atoms with E-state index < -0.39 is 0 Å². The largest absolute Gasteiger partial charge is 0.497 e. The molecule has 24 heavy (non-hydrogen) atoms. The van der Waals surface area contributed by atoms with Crippen LogP contribution in [0.15, 0.2) is 57.9 Å². The summed E-state index contributed by atoms with van der Waals surface area (Å²) in [5.74, 6) is 1.54. The number of hydrogen-bond donors (Lipinski definition) is 0. The third-order valence-corrected chi connectivity index (χ3v) is 3.89. The minimum Gasteiger partial charge on any atom is -0.497 e. The van der Waals surface area contributed by atoms with E-state index in [4.69, 9.17) is 25.5 Å². The third-order valence-electron chi connectivity index (χ3n) is 3.66. The summed E-state index contributed by atoms with van der Waals surface area (Å²) in [7, 11) is 3.31. The van der Waals surface area contributed by atoms with Gasteiger partial charge in [0.1, 0.15) is 17.1 Å². The van der Waals surface area contributed by atoms with Crippen LogP contribution in [-0.4, -0.2) is 27.4 Å². The fraction of sp³-hybridized carbons (Fsp3) is 0.211. The van der Waals surface area contributed by atoms with E-state index >= 15 is 0 Å². The average Bonchev–Trinajstić information content (AvgIpc) is 2.62. The summed E-state index contributed by atoms with van der Waals surface area (Å²) in [5.41, 5.74) is 1.69. The normalized spacial score (nSPS) is 11.9. The third kappa shape index (κ3) is 3.61. The Bertz CT molecular complexity index is 901. The van der Waals surface area contributed by atoms with Crippen LogP contribution in [0.3, 0.4) is 0 Å². The van der Waals surface area contributed by atoms with Gasteiger partial charge >= 0.3 is 0 Å². The Morgan fingerprint density at radius 2 is 1.83 bits per heavy atom. The molecular weight excluding hydrogens is 326 g/mol. The Balaban J connectivity index is 2.14. The summed E-state index contributed by atoms with van der Waals surface area (Å²) in [5, 5.41) is 2.37. The van der Waals surface area contributed by atoms with Crippen molar-refractivity contribution in [2.24, 2.45) is 4.99 Å². The second-order valence-electron chi connectivity index (χ2n) is 5.24. The molecule has 0 saturated carbocycles. The minimum atomic E-state index is 0.561. The highest BCUT2D eigenvalue weighted by Crippen LogP contribution is 2.25. The second kappa shape index (κ2) is 7.51. The summed E-state index contributed by atoms with van der Waals surface area (Å²) in [6, 6.07) is 15.2. The molecule has 3 aromatic rings. The fourth-order valence-corrected chi connectivity index (χ4v) is 2.60. The van der Waals surface area contributed by atoms with Crippen LogP contribution in [0.25, 0.3) is 22.3 Å². The topological polar surface area (TPSA) is 44.0 Å². The lowest BCUT2D eigenvalue weighted by molar-refractivity contribution is 0.207. The van der Waals surface area contributed by atoms with Gasteiger partial charge in [-0.3, -0.25) is 4.99 Å². The molecule has 0 aliphatic carbocycles. The Morgan fingerprint density at radius 3 is 2.54 bits per heavy atom. The van der Waals surface area contributed by atoms with Crippen molar-refractivity contribution < 1.29 is 13.9 Å². The molecule has 0 radical (unpaired) electrons. The van der Waals surface area contributed by atoms with Crippen LogP contribution in [-0.2, 0) is 4.74 Å². The van der Waals surface area contributed by atoms with Gasteiger partial charge in [-0.2, -0.15) is 0 Å². The maximum atomic E-state index is 6.12. The molecule has 5 heteroatoms. The molecule has 0 amide bonds. The van der Waals surface area contributed by atoms with Gasteiger partial charge in [0.15, 0.2) is 0 Å². The molecule has 124 valence electrons. The summed E-state index contributed by atoms with van der Waals surface area (Å²) in [6.07, 6.45) is 0. The Hall–Kier alpha value is -2.30. The molecule has 0 spiro atoms. The fourth-order valence-electron chi connectivity index (χ4n) is 2.43. The van der Waals surface area contributed by atoms with E-state index in [-0.39, 0.29) is 0 Å². The zero-order valence-corrected chi connectivity index (χ0v) is 14.3. The number of fused-ring (bicyclic) bond motifs is 1. The van der Waals surface area contributed by atoms with Crippen molar-refractivity contribution in [1.29, 1.82) is 0 Å². The van der Waals surface area contributed by atoms with Crippen molar-refractivity contribution in [3.8, 4) is 17.1 Å². The first-order chi connectivity index (χ1) is 11.7. The number of methoxy groups -OCH3 is 2. The lowest BCUT2D eigenvalue weighted by Gasteiger charge is -2.06. The van der Waals surface area contributed by atoms with Crippen molar-refractivity contribution in [2.45, 2.75) is 0 Å². The van der Waals surface area contributed by atoms with E-state index in [0.717, 1.165) is 33.4 Å². The number of ether oxygens (including phenoxy) is 2. The SMILES string of the molecule is COCCN=c1cc(-c2ccc(OC)cc2)oc2ccc(Cl)cc12. The zero-order valence-electron chi connectivity index (χ0n) is 13.6. The average molecular weight is 344 g/mol. The van der Waals surface area contributed by atoms with Crippen LogP contribution < -0.4 is 10.1 Å². The molecule has 1 aromatic heterocycles. The Labute approximate surface area is 145 Å². The Morgan fingerprint density at radius 1 is 1.04 bits per heavy atom. The van der Waals surface area contributed by atoms with Gasteiger partial charge in [0, 0.05) is 29.1 Å². The van der Waals surface area contributed by atoms with E-state index in [1.807, 2.05) is 48.5 Å². The first-order valence-corrected chi connectivity index (χ1v) is 7.96. The van der Waals surface area contributed by atoms with Gasteiger partial charge in [0.2, 0.25) is 0 Å². The van der Waals surface area contributed by atoms with E-state index in [0.29, 0.717) is 18.2 Å². The molecule has 4 nitrogen and oxygen atoms in total. The van der Waals surface area contributed by atoms with Crippen LogP contribution in [0.1, 0.15) is 0 Å². The van der Waals surface area contributed by atoms with Gasteiger partial charge in [0.25, 0.3) is 0 Å². The highest BCUT2D eigenvalue weighted by atomic mass is 35.5. The summed E-state index contributed by atoms with van der Waals surface area (Å²) >= 11 is 6.12. The molecule has 3 rings (SSSR count). The van der Waals surface area contributed by atoms with Gasteiger partial charge < -0.3 is 13.9 Å². The molecule has 0 N–H and O–H groups in total. The smallest absolute Gasteiger partial charge is 0.136 e. The van der Waals surface area contributed by atoms with Crippen molar-refractivity contribution >= 4 is 22.6 Å². The van der Waals surface area contributed by atoms with Crippen molar-refractivity contribution in [3.05, 3.63) is 58.9 Å². The second-order valence-corrected chi connectivity index (χ2v) is 5.68. The number of nitrogens with zero attached hydrogens (tertiary/aromatic N) is 1. The molecule has 2 aromatic carbocycles. The molecule has 0 aliphatic rings. The Kier molecular flexibility index (Phi) is 5.18. The molecule has 0 atom stereocenters. The van der Waals surface area contributed by atoms with Crippen LogP contribution in [0.4, 0.5) is 0 Å². The van der Waals surface area contributed by atoms with Gasteiger partial charge in [-0.25, -0.2) is 0 Å². The van der Waals surface area contributed by atoms with Crippen molar-refractivity contribution in [2.75, 3.05) is 27.4 Å². The minimum absolute atomic E-state index is 0.561. The van der Waals surface area contributed by atoms with E-state index in [2.05, 4.69) is 4.99 Å². The highest BCUT2D eigenvalue weighted by molar-refractivity contribution is 6.31. The van der Waals surface area contributed by atoms with Crippen LogP contribution in [0.2, 0.25) is 5.02 Å². The van der Waals surface area contributed by atoms with Crippen molar-refractivity contribution in [3.63, 3.8) is 0 Å². The summed E-state index contributed by atoms with van der Waals surface area (Å²) in [6.45, 7) is 1.14. The van der Waals surface area contributed by atoms with Crippen LogP contribution in [0, 0.1) is 0 Å². The molecular formula is C19H18ClNO3. The maximum absolute atomic E-state index is 6.12. The molecule has 0 aliphatic heterocycles. The van der Waals surface area contributed by atoms with Gasteiger partial charge in [-0.15, -0.1) is 0 Å². The predicted octanol–water partition coefficient (Wildman–Crippen LogP) is 4.31. The van der Waals surface area contributed by atoms with Gasteiger partial charge in [-0.1, -0.05) is 11.6 Å². The first-order valence-electron chi connectivity index (χ1n) is 7.58. The van der Waals surface area contributed by atoms with Crippen LogP contribution >= 0.6 is 11.6 Å². The molecule has 0 unspecified atom stereocenters. The summed E-state index contributed by atoms with van der Waals surface area (Å²) in [4.78, 5) is 4.62. The molecule has 0 saturated heterocycles. The van der Waals surface area contributed by atoms with E-state index in [9.17, 15) is 0 Å². The first kappa shape index (κ1) is 16.6. The number of benzene rings is 2. The van der Waals surface area contributed by atoms with Gasteiger partial charge in [-0.05, 0) is 42.5 Å². The zero-order chi connectivity index (χ0) is 16.9. The lowest BCUT2D eigenvalue weighted by Crippen LogP contribution is -2.07. The standard InChI is InChI=1S/C19H18ClNO3/c1-22-10-9-21-17-12-19(13-3-6-15(23-2)7-4-13)24-18-8-5-14(20)11-16(17)18/h3-8,11-12H,9-10H2,1-2H3.